The maximum absolute atomic E-state index is 12.8. The third-order valence-electron chi connectivity index (χ3n) is 4.93. The molecule has 140 valence electrons. The summed E-state index contributed by atoms with van der Waals surface area (Å²) in [5, 5.41) is 7.65. The monoisotopic (exact) mass is 365 g/mol. The number of carbonyl (C=O) groups excluding carboxylic acids is 1. The second-order valence-corrected chi connectivity index (χ2v) is 6.66. The molecule has 0 spiro atoms. The van der Waals surface area contributed by atoms with Crippen molar-refractivity contribution in [2.45, 2.75) is 19.3 Å². The van der Waals surface area contributed by atoms with Crippen molar-refractivity contribution in [3.63, 3.8) is 0 Å². The Kier molecular flexibility index (Phi) is 4.66. The largest absolute Gasteiger partial charge is 0.497 e. The first-order chi connectivity index (χ1) is 13.2. The summed E-state index contributed by atoms with van der Waals surface area (Å²) in [6.07, 6.45) is 3.30. The van der Waals surface area contributed by atoms with Gasteiger partial charge < -0.3 is 15.0 Å². The van der Waals surface area contributed by atoms with Gasteiger partial charge in [-0.3, -0.25) is 4.79 Å². The maximum atomic E-state index is 12.8. The number of likely N-dealkylation sites (tertiary alicyclic amines) is 1. The first-order valence-corrected chi connectivity index (χ1v) is 9.22. The Labute approximate surface area is 158 Å². The molecular formula is C20H23N5O2. The molecule has 1 aliphatic rings. The van der Waals surface area contributed by atoms with Gasteiger partial charge in [-0.25, -0.2) is 4.98 Å². The number of methoxy groups -OCH3 is 1. The van der Waals surface area contributed by atoms with Crippen LogP contribution in [-0.4, -0.2) is 52.7 Å². The van der Waals surface area contributed by atoms with Gasteiger partial charge in [-0.15, -0.1) is 0 Å². The average Bonchev–Trinajstić information content (AvgIpc) is 3.17. The lowest BCUT2D eigenvalue weighted by atomic mass is 10.1. The minimum atomic E-state index is -0.0201. The van der Waals surface area contributed by atoms with Crippen LogP contribution in [0.4, 0.5) is 5.82 Å². The minimum absolute atomic E-state index is 0.0201. The van der Waals surface area contributed by atoms with Crippen LogP contribution in [0.2, 0.25) is 0 Å². The zero-order valence-electron chi connectivity index (χ0n) is 15.6. The molecule has 1 aliphatic heterocycles. The number of hydrogen-bond donors (Lipinski definition) is 1. The number of aromatic nitrogens is 3. The van der Waals surface area contributed by atoms with Crippen LogP contribution in [0.15, 0.2) is 36.4 Å². The highest BCUT2D eigenvalue weighted by Crippen LogP contribution is 2.25. The van der Waals surface area contributed by atoms with Crippen LogP contribution >= 0.6 is 0 Å². The third-order valence-corrected chi connectivity index (χ3v) is 4.93. The standard InChI is InChI=1S/C20H23N5O2/c1-21-18-12-16(14-6-8-15(27-2)9-7-14)22-19-13-17(23-25(18)19)20(26)24-10-4-3-5-11-24/h6-9,12-13,21H,3-5,10-11H2,1-2H3. The Morgan fingerprint density at radius 1 is 1.11 bits per heavy atom. The fourth-order valence-corrected chi connectivity index (χ4v) is 3.43. The van der Waals surface area contributed by atoms with Gasteiger partial charge in [0.05, 0.1) is 12.8 Å². The maximum Gasteiger partial charge on any atom is 0.274 e. The lowest BCUT2D eigenvalue weighted by Crippen LogP contribution is -2.35. The van der Waals surface area contributed by atoms with Gasteiger partial charge in [-0.2, -0.15) is 9.61 Å². The van der Waals surface area contributed by atoms with E-state index >= 15 is 0 Å². The van der Waals surface area contributed by atoms with Gasteiger partial charge in [-0.1, -0.05) is 0 Å². The number of nitrogens with zero attached hydrogens (tertiary/aromatic N) is 4. The average molecular weight is 365 g/mol. The summed E-state index contributed by atoms with van der Waals surface area (Å²) in [7, 11) is 3.48. The summed E-state index contributed by atoms with van der Waals surface area (Å²) in [6.45, 7) is 1.60. The van der Waals surface area contributed by atoms with E-state index in [4.69, 9.17) is 9.72 Å². The first-order valence-electron chi connectivity index (χ1n) is 9.22. The van der Waals surface area contributed by atoms with Crippen molar-refractivity contribution in [1.82, 2.24) is 19.5 Å². The highest BCUT2D eigenvalue weighted by Gasteiger charge is 2.22. The smallest absolute Gasteiger partial charge is 0.274 e. The zero-order valence-corrected chi connectivity index (χ0v) is 15.6. The summed E-state index contributed by atoms with van der Waals surface area (Å²) in [6, 6.07) is 11.4. The van der Waals surface area contributed by atoms with Gasteiger partial charge in [0.2, 0.25) is 0 Å². The fraction of sp³-hybridized carbons (Fsp3) is 0.350. The molecular weight excluding hydrogens is 342 g/mol. The Hall–Kier alpha value is -3.09. The van der Waals surface area contributed by atoms with E-state index in [1.807, 2.05) is 42.3 Å². The second kappa shape index (κ2) is 7.26. The minimum Gasteiger partial charge on any atom is -0.497 e. The van der Waals surface area contributed by atoms with Crippen LogP contribution in [0.25, 0.3) is 16.9 Å². The molecule has 1 saturated heterocycles. The number of amides is 1. The molecule has 0 unspecified atom stereocenters. The molecule has 0 aliphatic carbocycles. The molecule has 1 aromatic carbocycles. The Balaban J connectivity index is 1.72. The van der Waals surface area contributed by atoms with E-state index in [0.29, 0.717) is 11.3 Å². The van der Waals surface area contributed by atoms with Crippen LogP contribution in [-0.2, 0) is 0 Å². The van der Waals surface area contributed by atoms with Crippen LogP contribution in [0, 0.1) is 0 Å². The molecule has 7 nitrogen and oxygen atoms in total. The SMILES string of the molecule is CNc1cc(-c2ccc(OC)cc2)nc2cc(C(=O)N3CCCCC3)nn12. The summed E-state index contributed by atoms with van der Waals surface area (Å²) < 4.78 is 6.90. The number of hydrogen-bond acceptors (Lipinski definition) is 5. The molecule has 0 atom stereocenters. The molecule has 3 heterocycles. The number of piperidine rings is 1. The second-order valence-electron chi connectivity index (χ2n) is 6.66. The lowest BCUT2D eigenvalue weighted by Gasteiger charge is -2.25. The molecule has 1 N–H and O–H groups in total. The third kappa shape index (κ3) is 3.32. The lowest BCUT2D eigenvalue weighted by molar-refractivity contribution is 0.0718. The molecule has 27 heavy (non-hydrogen) atoms. The summed E-state index contributed by atoms with van der Waals surface area (Å²) in [5.41, 5.74) is 2.87. The van der Waals surface area contributed by atoms with Gasteiger partial charge in [0, 0.05) is 37.8 Å². The van der Waals surface area contributed by atoms with Crippen molar-refractivity contribution in [3.05, 3.63) is 42.1 Å². The topological polar surface area (TPSA) is 71.8 Å². The van der Waals surface area contributed by atoms with Crippen molar-refractivity contribution in [1.29, 1.82) is 0 Å². The molecule has 7 heteroatoms. The van der Waals surface area contributed by atoms with E-state index in [0.717, 1.165) is 48.8 Å². The number of nitrogens with one attached hydrogen (secondary N) is 1. The van der Waals surface area contributed by atoms with Crippen molar-refractivity contribution < 1.29 is 9.53 Å². The zero-order chi connectivity index (χ0) is 18.8. The number of carbonyl (C=O) groups is 1. The highest BCUT2D eigenvalue weighted by molar-refractivity contribution is 5.93. The van der Waals surface area contributed by atoms with E-state index in [9.17, 15) is 4.79 Å². The number of ether oxygens (including phenoxy) is 1. The molecule has 0 bridgehead atoms. The van der Waals surface area contributed by atoms with Crippen LogP contribution in [0.3, 0.4) is 0 Å². The van der Waals surface area contributed by atoms with E-state index < -0.39 is 0 Å². The van der Waals surface area contributed by atoms with Crippen molar-refractivity contribution in [3.8, 4) is 17.0 Å². The van der Waals surface area contributed by atoms with E-state index in [-0.39, 0.29) is 5.91 Å². The van der Waals surface area contributed by atoms with Crippen molar-refractivity contribution in [2.75, 3.05) is 32.6 Å². The summed E-state index contributed by atoms with van der Waals surface area (Å²) >= 11 is 0. The molecule has 0 radical (unpaired) electrons. The van der Waals surface area contributed by atoms with E-state index in [1.54, 1.807) is 17.7 Å². The fourth-order valence-electron chi connectivity index (χ4n) is 3.43. The normalized spacial score (nSPS) is 14.4. The van der Waals surface area contributed by atoms with Gasteiger partial charge in [0.25, 0.3) is 5.91 Å². The van der Waals surface area contributed by atoms with Gasteiger partial charge >= 0.3 is 0 Å². The Bertz CT molecular complexity index is 958. The molecule has 2 aromatic heterocycles. The van der Waals surface area contributed by atoms with Crippen LogP contribution in [0.1, 0.15) is 29.8 Å². The quantitative estimate of drug-likeness (QED) is 0.769. The van der Waals surface area contributed by atoms with E-state index in [2.05, 4.69) is 10.4 Å². The van der Waals surface area contributed by atoms with Gasteiger partial charge in [0.1, 0.15) is 11.6 Å². The van der Waals surface area contributed by atoms with Gasteiger partial charge in [-0.05, 0) is 43.5 Å². The molecule has 1 fully saturated rings. The Morgan fingerprint density at radius 3 is 2.52 bits per heavy atom. The number of anilines is 1. The molecule has 3 aromatic rings. The predicted octanol–water partition coefficient (Wildman–Crippen LogP) is 3.07. The number of rotatable bonds is 4. The number of fused-ring (bicyclic) bond motifs is 1. The molecule has 4 rings (SSSR count). The van der Waals surface area contributed by atoms with Crippen molar-refractivity contribution in [2.24, 2.45) is 0 Å². The molecule has 1 amide bonds. The predicted molar refractivity (Wildman–Crippen MR) is 104 cm³/mol. The highest BCUT2D eigenvalue weighted by atomic mass is 16.5. The van der Waals surface area contributed by atoms with Gasteiger partial charge in [0.15, 0.2) is 11.3 Å². The number of benzene rings is 1. The van der Waals surface area contributed by atoms with Crippen molar-refractivity contribution >= 4 is 17.4 Å². The summed E-state index contributed by atoms with van der Waals surface area (Å²) in [5.74, 6) is 1.56. The first kappa shape index (κ1) is 17.3. The Morgan fingerprint density at radius 2 is 1.85 bits per heavy atom. The van der Waals surface area contributed by atoms with E-state index in [1.165, 1.54) is 6.42 Å². The van der Waals surface area contributed by atoms with Crippen LogP contribution in [0.5, 0.6) is 5.75 Å². The summed E-state index contributed by atoms with van der Waals surface area (Å²) in [4.78, 5) is 19.4. The van der Waals surface area contributed by atoms with Crippen LogP contribution < -0.4 is 10.1 Å². The molecule has 0 saturated carbocycles.